The predicted molar refractivity (Wildman–Crippen MR) is 96.8 cm³/mol. The molecule has 1 atom stereocenters. The second kappa shape index (κ2) is 8.41. The van der Waals surface area contributed by atoms with Crippen LogP contribution in [0.25, 0.3) is 0 Å². The monoisotopic (exact) mass is 334 g/mol. The number of rotatable bonds is 6. The Morgan fingerprint density at radius 2 is 2.12 bits per heavy atom. The summed E-state index contributed by atoms with van der Waals surface area (Å²) in [7, 11) is 0. The molecule has 128 valence electrons. The Kier molecular flexibility index (Phi) is 5.76. The molecule has 1 N–H and O–H groups in total. The van der Waals surface area contributed by atoms with Crippen LogP contribution < -0.4 is 5.32 Å². The average molecular weight is 334 g/mol. The van der Waals surface area contributed by atoms with Crippen molar-refractivity contribution in [1.82, 2.24) is 9.88 Å². The van der Waals surface area contributed by atoms with Crippen LogP contribution in [0.3, 0.4) is 0 Å². The standard InChI is InChI=1S/C20H22N4O/c21-15-16-8-10-17(11-9-16)23-20(25)7-4-14-24-13-3-6-19(24)18-5-1-2-12-22-18/h1-2,5,8-12,19H,3-4,6-7,13-14H2,(H,23,25). The van der Waals surface area contributed by atoms with E-state index in [-0.39, 0.29) is 5.91 Å². The summed E-state index contributed by atoms with van der Waals surface area (Å²) in [6.45, 7) is 1.97. The normalized spacial score (nSPS) is 17.2. The highest BCUT2D eigenvalue weighted by atomic mass is 16.1. The number of hydrogen-bond acceptors (Lipinski definition) is 4. The van der Waals surface area contributed by atoms with E-state index in [9.17, 15) is 4.79 Å². The SMILES string of the molecule is N#Cc1ccc(NC(=O)CCCN2CCCC2c2ccccn2)cc1. The van der Waals surface area contributed by atoms with Gasteiger partial charge in [-0.15, -0.1) is 0 Å². The smallest absolute Gasteiger partial charge is 0.224 e. The minimum absolute atomic E-state index is 0.0123. The van der Waals surface area contributed by atoms with Gasteiger partial charge in [-0.1, -0.05) is 6.07 Å². The Labute approximate surface area is 148 Å². The van der Waals surface area contributed by atoms with E-state index in [2.05, 4.69) is 27.3 Å². The highest BCUT2D eigenvalue weighted by Gasteiger charge is 2.26. The molecular formula is C20H22N4O. The van der Waals surface area contributed by atoms with E-state index in [1.54, 1.807) is 24.3 Å². The zero-order valence-corrected chi connectivity index (χ0v) is 14.2. The summed E-state index contributed by atoms with van der Waals surface area (Å²) in [6.07, 6.45) is 5.47. The van der Waals surface area contributed by atoms with E-state index in [0.29, 0.717) is 18.0 Å². The first-order valence-electron chi connectivity index (χ1n) is 8.71. The molecule has 1 amide bonds. The lowest BCUT2D eigenvalue weighted by atomic mass is 10.1. The highest BCUT2D eigenvalue weighted by molar-refractivity contribution is 5.90. The number of carbonyl (C=O) groups excluding carboxylic acids is 1. The summed E-state index contributed by atoms with van der Waals surface area (Å²) in [6, 6.07) is 15.4. The van der Waals surface area contributed by atoms with Crippen LogP contribution in [-0.2, 0) is 4.79 Å². The Bertz CT molecular complexity index is 737. The number of aromatic nitrogens is 1. The number of amides is 1. The molecule has 2 aromatic rings. The maximum atomic E-state index is 12.1. The van der Waals surface area contributed by atoms with Gasteiger partial charge in [-0.2, -0.15) is 5.26 Å². The number of nitrogens with zero attached hydrogens (tertiary/aromatic N) is 3. The molecule has 5 nitrogen and oxygen atoms in total. The van der Waals surface area contributed by atoms with Crippen molar-refractivity contribution in [3.63, 3.8) is 0 Å². The fourth-order valence-corrected chi connectivity index (χ4v) is 3.30. The quantitative estimate of drug-likeness (QED) is 0.878. The fourth-order valence-electron chi connectivity index (χ4n) is 3.30. The molecule has 2 heterocycles. The van der Waals surface area contributed by atoms with Crippen molar-refractivity contribution in [2.24, 2.45) is 0 Å². The van der Waals surface area contributed by atoms with Gasteiger partial charge in [0.2, 0.25) is 5.91 Å². The zero-order chi connectivity index (χ0) is 17.5. The lowest BCUT2D eigenvalue weighted by Crippen LogP contribution is -2.26. The van der Waals surface area contributed by atoms with Gasteiger partial charge in [0.25, 0.3) is 0 Å². The predicted octanol–water partition coefficient (Wildman–Crippen LogP) is 3.51. The van der Waals surface area contributed by atoms with E-state index in [1.165, 1.54) is 6.42 Å². The number of carbonyl (C=O) groups is 1. The molecule has 0 saturated carbocycles. The Morgan fingerprint density at radius 1 is 1.28 bits per heavy atom. The molecule has 1 saturated heterocycles. The maximum absolute atomic E-state index is 12.1. The van der Waals surface area contributed by atoms with Crippen LogP contribution in [0.4, 0.5) is 5.69 Å². The Balaban J connectivity index is 1.45. The van der Waals surface area contributed by atoms with Crippen molar-refractivity contribution in [3.8, 4) is 6.07 Å². The third kappa shape index (κ3) is 4.65. The number of benzene rings is 1. The van der Waals surface area contributed by atoms with Gasteiger partial charge in [-0.05, 0) is 68.8 Å². The molecule has 5 heteroatoms. The molecule has 0 aliphatic carbocycles. The number of anilines is 1. The third-order valence-corrected chi connectivity index (χ3v) is 4.54. The minimum Gasteiger partial charge on any atom is -0.326 e. The molecule has 3 rings (SSSR count). The third-order valence-electron chi connectivity index (χ3n) is 4.54. The van der Waals surface area contributed by atoms with Gasteiger partial charge in [0.05, 0.1) is 23.4 Å². The van der Waals surface area contributed by atoms with E-state index in [0.717, 1.165) is 37.3 Å². The summed E-state index contributed by atoms with van der Waals surface area (Å²) >= 11 is 0. The van der Waals surface area contributed by atoms with Crippen LogP contribution >= 0.6 is 0 Å². The van der Waals surface area contributed by atoms with Crippen LogP contribution in [0, 0.1) is 11.3 Å². The summed E-state index contributed by atoms with van der Waals surface area (Å²) in [5.74, 6) is 0.0123. The lowest BCUT2D eigenvalue weighted by Gasteiger charge is -2.23. The van der Waals surface area contributed by atoms with Crippen molar-refractivity contribution in [1.29, 1.82) is 5.26 Å². The van der Waals surface area contributed by atoms with Gasteiger partial charge in [0.1, 0.15) is 0 Å². The van der Waals surface area contributed by atoms with Gasteiger partial charge in [-0.25, -0.2) is 0 Å². The highest BCUT2D eigenvalue weighted by Crippen LogP contribution is 2.30. The molecular weight excluding hydrogens is 312 g/mol. The van der Waals surface area contributed by atoms with E-state index < -0.39 is 0 Å². The van der Waals surface area contributed by atoms with Crippen LogP contribution in [0.1, 0.15) is 43.0 Å². The molecule has 0 bridgehead atoms. The van der Waals surface area contributed by atoms with Crippen LogP contribution in [0.2, 0.25) is 0 Å². The number of pyridine rings is 1. The van der Waals surface area contributed by atoms with Crippen molar-refractivity contribution < 1.29 is 4.79 Å². The van der Waals surface area contributed by atoms with Gasteiger partial charge < -0.3 is 5.32 Å². The summed E-state index contributed by atoms with van der Waals surface area (Å²) < 4.78 is 0. The Hall–Kier alpha value is -2.71. The number of nitrogens with one attached hydrogen (secondary N) is 1. The summed E-state index contributed by atoms with van der Waals surface area (Å²) in [5.41, 5.74) is 2.45. The first-order valence-corrected chi connectivity index (χ1v) is 8.71. The molecule has 1 fully saturated rings. The molecule has 0 spiro atoms. The van der Waals surface area contributed by atoms with Crippen LogP contribution in [-0.4, -0.2) is 28.9 Å². The first-order chi connectivity index (χ1) is 12.3. The first kappa shape index (κ1) is 17.1. The number of nitriles is 1. The van der Waals surface area contributed by atoms with Crippen molar-refractivity contribution in [3.05, 3.63) is 59.9 Å². The van der Waals surface area contributed by atoms with Gasteiger partial charge >= 0.3 is 0 Å². The van der Waals surface area contributed by atoms with E-state index in [4.69, 9.17) is 5.26 Å². The second-order valence-electron chi connectivity index (χ2n) is 6.29. The van der Waals surface area contributed by atoms with Crippen molar-refractivity contribution >= 4 is 11.6 Å². The Morgan fingerprint density at radius 3 is 2.84 bits per heavy atom. The molecule has 0 radical (unpaired) electrons. The summed E-state index contributed by atoms with van der Waals surface area (Å²) in [5, 5.41) is 11.7. The number of hydrogen-bond donors (Lipinski definition) is 1. The van der Waals surface area contributed by atoms with E-state index >= 15 is 0 Å². The average Bonchev–Trinajstić information content (AvgIpc) is 3.11. The molecule has 25 heavy (non-hydrogen) atoms. The zero-order valence-electron chi connectivity index (χ0n) is 14.2. The molecule has 1 unspecified atom stereocenters. The van der Waals surface area contributed by atoms with Gasteiger partial charge in [0.15, 0.2) is 0 Å². The van der Waals surface area contributed by atoms with Gasteiger partial charge in [0, 0.05) is 18.3 Å². The van der Waals surface area contributed by atoms with Gasteiger partial charge in [-0.3, -0.25) is 14.7 Å². The minimum atomic E-state index is 0.0123. The fraction of sp³-hybridized carbons (Fsp3) is 0.350. The molecule has 1 aromatic carbocycles. The topological polar surface area (TPSA) is 69.0 Å². The summed E-state index contributed by atoms with van der Waals surface area (Å²) in [4.78, 5) is 19.0. The number of likely N-dealkylation sites (tertiary alicyclic amines) is 1. The lowest BCUT2D eigenvalue weighted by molar-refractivity contribution is -0.116. The second-order valence-corrected chi connectivity index (χ2v) is 6.29. The maximum Gasteiger partial charge on any atom is 0.224 e. The van der Waals surface area contributed by atoms with E-state index in [1.807, 2.05) is 18.3 Å². The van der Waals surface area contributed by atoms with Crippen molar-refractivity contribution in [2.45, 2.75) is 31.7 Å². The molecule has 1 aliphatic heterocycles. The molecule has 1 aromatic heterocycles. The van der Waals surface area contributed by atoms with Crippen molar-refractivity contribution in [2.75, 3.05) is 18.4 Å². The van der Waals surface area contributed by atoms with Crippen LogP contribution in [0.15, 0.2) is 48.7 Å². The van der Waals surface area contributed by atoms with Crippen LogP contribution in [0.5, 0.6) is 0 Å². The largest absolute Gasteiger partial charge is 0.326 e. The molecule has 1 aliphatic rings.